The second-order valence-corrected chi connectivity index (χ2v) is 3.75. The Morgan fingerprint density at radius 1 is 1.38 bits per heavy atom. The first-order valence-corrected chi connectivity index (χ1v) is 5.06. The lowest BCUT2D eigenvalue weighted by Gasteiger charge is -2.14. The first kappa shape index (κ1) is 11.3. The maximum atomic E-state index is 12.2. The van der Waals surface area contributed by atoms with Crippen molar-refractivity contribution in [3.63, 3.8) is 0 Å². The minimum Gasteiger partial charge on any atom is -0.405 e. The molecule has 2 rings (SSSR count). The third-order valence-electron chi connectivity index (χ3n) is 2.80. The van der Waals surface area contributed by atoms with Crippen LogP contribution in [0.25, 0.3) is 0 Å². The minimum atomic E-state index is -4.62. The second kappa shape index (κ2) is 3.97. The first-order chi connectivity index (χ1) is 7.51. The summed E-state index contributed by atoms with van der Waals surface area (Å²) in [6, 6.07) is 4.93. The summed E-state index contributed by atoms with van der Waals surface area (Å²) in [6.07, 6.45) is -3.19. The Balaban J connectivity index is 2.32. The summed E-state index contributed by atoms with van der Waals surface area (Å²) in [5.41, 5.74) is 1.57. The Labute approximate surface area is 91.4 Å². The summed E-state index contributed by atoms with van der Waals surface area (Å²) in [5.74, 6) is -0.0669. The van der Waals surface area contributed by atoms with E-state index >= 15 is 0 Å². The van der Waals surface area contributed by atoms with Crippen LogP contribution in [0.15, 0.2) is 18.2 Å². The monoisotopic (exact) mass is 231 g/mol. The lowest BCUT2D eigenvalue weighted by Crippen LogP contribution is -2.18. The van der Waals surface area contributed by atoms with E-state index in [2.05, 4.69) is 10.1 Å². The zero-order valence-electron chi connectivity index (χ0n) is 8.77. The van der Waals surface area contributed by atoms with E-state index in [1.807, 2.05) is 6.07 Å². The van der Waals surface area contributed by atoms with Crippen molar-refractivity contribution >= 4 is 0 Å². The van der Waals surface area contributed by atoms with Gasteiger partial charge < -0.3 is 10.1 Å². The van der Waals surface area contributed by atoms with E-state index in [1.54, 1.807) is 13.1 Å². The topological polar surface area (TPSA) is 21.3 Å². The molecular formula is C11H12F3NO. The van der Waals surface area contributed by atoms with Crippen LogP contribution in [-0.2, 0) is 6.42 Å². The molecule has 16 heavy (non-hydrogen) atoms. The van der Waals surface area contributed by atoms with Crippen LogP contribution in [0.3, 0.4) is 0 Å². The van der Waals surface area contributed by atoms with Crippen LogP contribution in [0.5, 0.6) is 5.75 Å². The second-order valence-electron chi connectivity index (χ2n) is 3.75. The summed E-state index contributed by atoms with van der Waals surface area (Å²) in [4.78, 5) is 0. The molecule has 2 nitrogen and oxygen atoms in total. The predicted octanol–water partition coefficient (Wildman–Crippen LogP) is 2.79. The highest BCUT2D eigenvalue weighted by atomic mass is 19.4. The molecular weight excluding hydrogens is 219 g/mol. The molecule has 0 spiro atoms. The smallest absolute Gasteiger partial charge is 0.405 e. The highest BCUT2D eigenvalue weighted by Gasteiger charge is 2.34. The molecule has 0 aromatic heterocycles. The van der Waals surface area contributed by atoms with Gasteiger partial charge >= 0.3 is 6.36 Å². The number of nitrogens with one attached hydrogen (secondary N) is 1. The Bertz CT molecular complexity index is 389. The Hall–Kier alpha value is -1.23. The zero-order chi connectivity index (χ0) is 11.8. The molecule has 5 heteroatoms. The van der Waals surface area contributed by atoms with E-state index in [1.165, 1.54) is 6.07 Å². The van der Waals surface area contributed by atoms with E-state index in [0.29, 0.717) is 12.0 Å². The lowest BCUT2D eigenvalue weighted by atomic mass is 10.1. The molecule has 0 radical (unpaired) electrons. The number of hydrogen-bond donors (Lipinski definition) is 1. The van der Waals surface area contributed by atoms with Crippen molar-refractivity contribution in [3.05, 3.63) is 29.3 Å². The van der Waals surface area contributed by atoms with Crippen LogP contribution in [0.4, 0.5) is 13.2 Å². The van der Waals surface area contributed by atoms with E-state index < -0.39 is 6.36 Å². The van der Waals surface area contributed by atoms with Crippen molar-refractivity contribution in [3.8, 4) is 5.75 Å². The number of fused-ring (bicyclic) bond motifs is 1. The molecule has 0 unspecified atom stereocenters. The molecule has 88 valence electrons. The molecule has 0 bridgehead atoms. The fourth-order valence-electron chi connectivity index (χ4n) is 2.14. The summed E-state index contributed by atoms with van der Waals surface area (Å²) in [6.45, 7) is 0. The molecule has 1 atom stereocenters. The maximum Gasteiger partial charge on any atom is 0.573 e. The van der Waals surface area contributed by atoms with Crippen molar-refractivity contribution in [2.24, 2.45) is 0 Å². The van der Waals surface area contributed by atoms with Crippen LogP contribution in [-0.4, -0.2) is 13.4 Å². The van der Waals surface area contributed by atoms with Crippen LogP contribution in [0.2, 0.25) is 0 Å². The van der Waals surface area contributed by atoms with Crippen LogP contribution in [0.1, 0.15) is 23.6 Å². The van der Waals surface area contributed by atoms with Gasteiger partial charge in [0.05, 0.1) is 0 Å². The Morgan fingerprint density at radius 2 is 2.12 bits per heavy atom. The van der Waals surface area contributed by atoms with Crippen LogP contribution >= 0.6 is 0 Å². The largest absolute Gasteiger partial charge is 0.573 e. The molecule has 1 aliphatic carbocycles. The van der Waals surface area contributed by atoms with Gasteiger partial charge in [-0.15, -0.1) is 13.2 Å². The molecule has 1 N–H and O–H groups in total. The van der Waals surface area contributed by atoms with Gasteiger partial charge in [-0.3, -0.25) is 0 Å². The fourth-order valence-corrected chi connectivity index (χ4v) is 2.14. The van der Waals surface area contributed by atoms with Gasteiger partial charge in [-0.1, -0.05) is 12.1 Å². The molecule has 0 amide bonds. The van der Waals surface area contributed by atoms with Gasteiger partial charge in [-0.25, -0.2) is 0 Å². The van der Waals surface area contributed by atoms with Crippen LogP contribution in [0, 0.1) is 0 Å². The van der Waals surface area contributed by atoms with Gasteiger partial charge in [0.15, 0.2) is 0 Å². The summed E-state index contributed by atoms with van der Waals surface area (Å²) < 4.78 is 40.5. The molecule has 1 aliphatic rings. The molecule has 0 aliphatic heterocycles. The summed E-state index contributed by atoms with van der Waals surface area (Å²) in [5, 5.41) is 3.07. The van der Waals surface area contributed by atoms with Gasteiger partial charge in [0.25, 0.3) is 0 Å². The number of rotatable bonds is 2. The van der Waals surface area contributed by atoms with E-state index in [9.17, 15) is 13.2 Å². The maximum absolute atomic E-state index is 12.2. The summed E-state index contributed by atoms with van der Waals surface area (Å²) >= 11 is 0. The zero-order valence-corrected chi connectivity index (χ0v) is 8.77. The van der Waals surface area contributed by atoms with E-state index in [0.717, 1.165) is 12.0 Å². The van der Waals surface area contributed by atoms with Gasteiger partial charge in [-0.05, 0) is 37.1 Å². The van der Waals surface area contributed by atoms with Crippen LogP contribution < -0.4 is 10.1 Å². The van der Waals surface area contributed by atoms with Gasteiger partial charge in [0.2, 0.25) is 0 Å². The standard InChI is InChI=1S/C11H12F3NO/c1-15-9-6-5-8-7(9)3-2-4-10(8)16-11(12,13)14/h2-4,9,15H,5-6H2,1H3/t9-/m0/s1. The molecule has 1 aromatic rings. The van der Waals surface area contributed by atoms with Gasteiger partial charge in [0, 0.05) is 6.04 Å². The van der Waals surface area contributed by atoms with Gasteiger partial charge in [-0.2, -0.15) is 0 Å². The Morgan fingerprint density at radius 3 is 2.75 bits per heavy atom. The van der Waals surface area contributed by atoms with Crippen molar-refractivity contribution < 1.29 is 17.9 Å². The first-order valence-electron chi connectivity index (χ1n) is 5.06. The van der Waals surface area contributed by atoms with Crippen molar-refractivity contribution in [2.75, 3.05) is 7.05 Å². The Kier molecular flexibility index (Phi) is 2.80. The summed E-state index contributed by atoms with van der Waals surface area (Å²) in [7, 11) is 1.80. The number of halogens is 3. The fraction of sp³-hybridized carbons (Fsp3) is 0.455. The number of benzene rings is 1. The predicted molar refractivity (Wildman–Crippen MR) is 53.2 cm³/mol. The normalized spacial score (nSPS) is 19.6. The number of ether oxygens (including phenoxy) is 1. The SMILES string of the molecule is CN[C@H]1CCc2c(OC(F)(F)F)cccc21. The third kappa shape index (κ3) is 2.14. The average Bonchev–Trinajstić information content (AvgIpc) is 2.59. The average molecular weight is 231 g/mol. The van der Waals surface area contributed by atoms with Crippen molar-refractivity contribution in [2.45, 2.75) is 25.2 Å². The van der Waals surface area contributed by atoms with Crippen molar-refractivity contribution in [1.82, 2.24) is 5.32 Å². The quantitative estimate of drug-likeness (QED) is 0.845. The highest BCUT2D eigenvalue weighted by molar-refractivity contribution is 5.45. The van der Waals surface area contributed by atoms with Gasteiger partial charge in [0.1, 0.15) is 5.75 Å². The molecule has 0 saturated carbocycles. The van der Waals surface area contributed by atoms with E-state index in [-0.39, 0.29) is 11.8 Å². The molecule has 0 heterocycles. The highest BCUT2D eigenvalue weighted by Crippen LogP contribution is 2.38. The number of alkyl halides is 3. The third-order valence-corrected chi connectivity index (χ3v) is 2.80. The molecule has 0 saturated heterocycles. The minimum absolute atomic E-state index is 0.0669. The molecule has 1 aromatic carbocycles. The van der Waals surface area contributed by atoms with E-state index in [4.69, 9.17) is 0 Å². The van der Waals surface area contributed by atoms with Crippen molar-refractivity contribution in [1.29, 1.82) is 0 Å². The molecule has 0 fully saturated rings. The number of hydrogen-bond acceptors (Lipinski definition) is 2. The lowest BCUT2D eigenvalue weighted by molar-refractivity contribution is -0.274.